The third-order valence-electron chi connectivity index (χ3n) is 2.71. The van der Waals surface area contributed by atoms with Gasteiger partial charge in [0.05, 0.1) is 11.6 Å². The standard InChI is InChI=1S/C12H26N4O/c1-12(2,3)14-11(13)16-8-10(17)6-9(16)7-15(4)5/h9-10,17H,6-8H2,1-5H3,(H2,13,14). The number of hydrogen-bond acceptors (Lipinski definition) is 3. The molecule has 0 saturated carbocycles. The second-order valence-corrected chi connectivity index (χ2v) is 6.10. The Hall–Kier alpha value is -0.810. The van der Waals surface area contributed by atoms with Crippen molar-refractivity contribution in [2.24, 2.45) is 10.7 Å². The highest BCUT2D eigenvalue weighted by atomic mass is 16.3. The van der Waals surface area contributed by atoms with Gasteiger partial charge in [-0.15, -0.1) is 0 Å². The van der Waals surface area contributed by atoms with Crippen molar-refractivity contribution in [3.8, 4) is 0 Å². The number of guanidine groups is 1. The van der Waals surface area contributed by atoms with Crippen molar-refractivity contribution in [3.05, 3.63) is 0 Å². The fraction of sp³-hybridized carbons (Fsp3) is 0.917. The molecule has 0 aromatic carbocycles. The third kappa shape index (κ3) is 4.52. The molecule has 0 aromatic heterocycles. The van der Waals surface area contributed by atoms with E-state index in [1.165, 1.54) is 0 Å². The van der Waals surface area contributed by atoms with Crippen molar-refractivity contribution in [1.82, 2.24) is 9.80 Å². The first kappa shape index (κ1) is 14.3. The number of nitrogens with two attached hydrogens (primary N) is 1. The molecule has 2 atom stereocenters. The Balaban J connectivity index is 2.76. The number of likely N-dealkylation sites (tertiary alicyclic amines) is 1. The molecule has 1 saturated heterocycles. The van der Waals surface area contributed by atoms with Crippen LogP contribution in [-0.4, -0.2) is 65.7 Å². The summed E-state index contributed by atoms with van der Waals surface area (Å²) in [5.41, 5.74) is 5.86. The number of rotatable bonds is 2. The predicted molar refractivity (Wildman–Crippen MR) is 71.0 cm³/mol. The second kappa shape index (κ2) is 5.23. The number of hydrogen-bond donors (Lipinski definition) is 2. The van der Waals surface area contributed by atoms with Crippen LogP contribution in [0.3, 0.4) is 0 Å². The average Bonchev–Trinajstić information content (AvgIpc) is 2.42. The highest BCUT2D eigenvalue weighted by Gasteiger charge is 2.32. The van der Waals surface area contributed by atoms with Gasteiger partial charge in [0.25, 0.3) is 0 Å². The van der Waals surface area contributed by atoms with Crippen LogP contribution >= 0.6 is 0 Å². The summed E-state index contributed by atoms with van der Waals surface area (Å²) < 4.78 is 0. The van der Waals surface area contributed by atoms with Crippen LogP contribution in [0.2, 0.25) is 0 Å². The van der Waals surface area contributed by atoms with Gasteiger partial charge in [-0.05, 0) is 41.3 Å². The van der Waals surface area contributed by atoms with Gasteiger partial charge in [-0.1, -0.05) is 0 Å². The molecule has 3 N–H and O–H groups in total. The Morgan fingerprint density at radius 3 is 2.53 bits per heavy atom. The van der Waals surface area contributed by atoms with Crippen molar-refractivity contribution in [2.75, 3.05) is 27.2 Å². The molecule has 0 bridgehead atoms. The number of β-amino-alcohol motifs (C(OH)–C–C–N with tert-alkyl or cyclic N) is 1. The predicted octanol–water partition coefficient (Wildman–Crippen LogP) is 0.0964. The first-order chi connectivity index (χ1) is 7.69. The zero-order valence-corrected chi connectivity index (χ0v) is 11.6. The first-order valence-corrected chi connectivity index (χ1v) is 6.14. The van der Waals surface area contributed by atoms with Crippen LogP contribution in [0.1, 0.15) is 27.2 Å². The van der Waals surface area contributed by atoms with E-state index in [9.17, 15) is 5.11 Å². The molecule has 1 rings (SSSR count). The fourth-order valence-electron chi connectivity index (χ4n) is 2.18. The lowest BCUT2D eigenvalue weighted by atomic mass is 10.1. The van der Waals surface area contributed by atoms with Crippen molar-refractivity contribution < 1.29 is 5.11 Å². The smallest absolute Gasteiger partial charge is 0.192 e. The fourth-order valence-corrected chi connectivity index (χ4v) is 2.18. The molecule has 1 heterocycles. The highest BCUT2D eigenvalue weighted by molar-refractivity contribution is 5.79. The molecule has 5 heteroatoms. The summed E-state index contributed by atoms with van der Waals surface area (Å²) in [7, 11) is 4.06. The molecule has 0 radical (unpaired) electrons. The van der Waals surface area contributed by atoms with E-state index >= 15 is 0 Å². The minimum atomic E-state index is -0.298. The summed E-state index contributed by atoms with van der Waals surface area (Å²) in [5, 5.41) is 9.76. The SMILES string of the molecule is CN(C)CC1CC(O)CN1C(N)=NC(C)(C)C. The lowest BCUT2D eigenvalue weighted by Gasteiger charge is -2.29. The highest BCUT2D eigenvalue weighted by Crippen LogP contribution is 2.19. The first-order valence-electron chi connectivity index (χ1n) is 6.14. The molecule has 0 aromatic rings. The van der Waals surface area contributed by atoms with Crippen LogP contribution in [0.4, 0.5) is 0 Å². The molecule has 1 aliphatic heterocycles. The molecule has 1 fully saturated rings. The Morgan fingerprint density at radius 2 is 2.06 bits per heavy atom. The van der Waals surface area contributed by atoms with Crippen LogP contribution in [0, 0.1) is 0 Å². The molecule has 2 unspecified atom stereocenters. The monoisotopic (exact) mass is 242 g/mol. The Bertz CT molecular complexity index is 283. The maximum Gasteiger partial charge on any atom is 0.192 e. The van der Waals surface area contributed by atoms with Gasteiger partial charge in [0.2, 0.25) is 0 Å². The summed E-state index contributed by atoms with van der Waals surface area (Å²) in [4.78, 5) is 8.61. The molecular formula is C12H26N4O. The van der Waals surface area contributed by atoms with Crippen LogP contribution in [0.15, 0.2) is 4.99 Å². The minimum Gasteiger partial charge on any atom is -0.391 e. The zero-order valence-electron chi connectivity index (χ0n) is 11.6. The lowest BCUT2D eigenvalue weighted by molar-refractivity contribution is 0.187. The van der Waals surface area contributed by atoms with E-state index in [2.05, 4.69) is 9.89 Å². The third-order valence-corrected chi connectivity index (χ3v) is 2.71. The van der Waals surface area contributed by atoms with Gasteiger partial charge in [0.15, 0.2) is 5.96 Å². The van der Waals surface area contributed by atoms with Gasteiger partial charge < -0.3 is 20.6 Å². The summed E-state index contributed by atoms with van der Waals surface area (Å²) in [5.74, 6) is 0.543. The molecule has 100 valence electrons. The summed E-state index contributed by atoms with van der Waals surface area (Å²) in [6.07, 6.45) is 0.465. The topological polar surface area (TPSA) is 65.1 Å². The summed E-state index contributed by atoms with van der Waals surface area (Å²) in [6.45, 7) is 7.54. The molecule has 1 aliphatic rings. The van der Waals surface area contributed by atoms with Crippen molar-refractivity contribution >= 4 is 5.96 Å². The Kier molecular flexibility index (Phi) is 4.38. The van der Waals surface area contributed by atoms with E-state index in [4.69, 9.17) is 5.73 Å². The van der Waals surface area contributed by atoms with E-state index in [-0.39, 0.29) is 17.7 Å². The number of aliphatic imine (C=N–C) groups is 1. The maximum atomic E-state index is 9.76. The molecular weight excluding hydrogens is 216 g/mol. The van der Waals surface area contributed by atoms with Gasteiger partial charge in [-0.3, -0.25) is 0 Å². The number of aliphatic hydroxyl groups excluding tert-OH is 1. The van der Waals surface area contributed by atoms with Gasteiger partial charge >= 0.3 is 0 Å². The van der Waals surface area contributed by atoms with E-state index in [1.807, 2.05) is 39.8 Å². The molecule has 0 spiro atoms. The van der Waals surface area contributed by atoms with Gasteiger partial charge in [0.1, 0.15) is 0 Å². The van der Waals surface area contributed by atoms with Gasteiger partial charge in [-0.2, -0.15) is 0 Å². The Morgan fingerprint density at radius 1 is 1.47 bits per heavy atom. The summed E-state index contributed by atoms with van der Waals surface area (Å²) >= 11 is 0. The minimum absolute atomic E-state index is 0.180. The normalized spacial score (nSPS) is 27.0. The summed E-state index contributed by atoms with van der Waals surface area (Å²) in [6, 6.07) is 0.256. The maximum absolute atomic E-state index is 9.76. The van der Waals surface area contributed by atoms with Crippen molar-refractivity contribution in [3.63, 3.8) is 0 Å². The van der Waals surface area contributed by atoms with Crippen molar-refractivity contribution in [1.29, 1.82) is 0 Å². The number of likely N-dealkylation sites (N-methyl/N-ethyl adjacent to an activating group) is 1. The Labute approximate surface area is 104 Å². The number of aliphatic hydroxyl groups is 1. The molecule has 17 heavy (non-hydrogen) atoms. The van der Waals surface area contributed by atoms with E-state index in [1.54, 1.807) is 0 Å². The van der Waals surface area contributed by atoms with Crippen LogP contribution < -0.4 is 5.73 Å². The molecule has 0 amide bonds. The molecule has 5 nitrogen and oxygen atoms in total. The van der Waals surface area contributed by atoms with Crippen molar-refractivity contribution in [2.45, 2.75) is 44.9 Å². The lowest BCUT2D eigenvalue weighted by Crippen LogP contribution is -2.46. The van der Waals surface area contributed by atoms with Gasteiger partial charge in [0, 0.05) is 19.1 Å². The number of nitrogens with zero attached hydrogens (tertiary/aromatic N) is 3. The van der Waals surface area contributed by atoms with E-state index in [0.29, 0.717) is 12.5 Å². The van der Waals surface area contributed by atoms with Crippen LogP contribution in [0.25, 0.3) is 0 Å². The zero-order chi connectivity index (χ0) is 13.2. The van der Waals surface area contributed by atoms with E-state index in [0.717, 1.165) is 13.0 Å². The molecule has 0 aliphatic carbocycles. The van der Waals surface area contributed by atoms with E-state index < -0.39 is 0 Å². The average molecular weight is 242 g/mol. The second-order valence-electron chi connectivity index (χ2n) is 6.10. The largest absolute Gasteiger partial charge is 0.391 e. The quantitative estimate of drug-likeness (QED) is 0.532. The van der Waals surface area contributed by atoms with Gasteiger partial charge in [-0.25, -0.2) is 4.99 Å². The van der Waals surface area contributed by atoms with Crippen LogP contribution in [0.5, 0.6) is 0 Å². The van der Waals surface area contributed by atoms with Crippen LogP contribution in [-0.2, 0) is 0 Å².